The molecule has 0 saturated heterocycles. The Morgan fingerprint density at radius 1 is 1.29 bits per heavy atom. The van der Waals surface area contributed by atoms with E-state index in [1.165, 1.54) is 0 Å². The van der Waals surface area contributed by atoms with Crippen LogP contribution in [0.3, 0.4) is 0 Å². The lowest BCUT2D eigenvalue weighted by Crippen LogP contribution is -2.29. The number of carbonyl (C=O) groups excluding carboxylic acids is 1. The van der Waals surface area contributed by atoms with Gasteiger partial charge in [0.25, 0.3) is 5.91 Å². The highest BCUT2D eigenvalue weighted by atomic mass is 16.2. The van der Waals surface area contributed by atoms with Gasteiger partial charge < -0.3 is 5.32 Å². The van der Waals surface area contributed by atoms with Gasteiger partial charge in [-0.2, -0.15) is 0 Å². The molecule has 112 valence electrons. The molecule has 0 fully saturated rings. The second-order valence-corrected chi connectivity index (χ2v) is 5.42. The molecule has 2 N–H and O–H groups in total. The predicted octanol–water partition coefficient (Wildman–Crippen LogP) is 3.20. The first-order chi connectivity index (χ1) is 10.1. The highest BCUT2D eigenvalue weighted by Crippen LogP contribution is 2.18. The van der Waals surface area contributed by atoms with Gasteiger partial charge in [0.05, 0.1) is 6.04 Å². The van der Waals surface area contributed by atoms with Gasteiger partial charge in [-0.15, -0.1) is 5.10 Å². The molecule has 21 heavy (non-hydrogen) atoms. The largest absolute Gasteiger partial charge is 0.342 e. The molecule has 2 aromatic rings. The van der Waals surface area contributed by atoms with Crippen molar-refractivity contribution in [2.75, 3.05) is 0 Å². The molecule has 0 spiro atoms. The number of aromatic amines is 1. The Kier molecular flexibility index (Phi) is 5.09. The SMILES string of the molecule is CCCC(NC(=O)c1n[nH]c(C(C)C)n1)c1ccccc1. The van der Waals surface area contributed by atoms with E-state index in [2.05, 4.69) is 27.4 Å². The number of H-pyrrole nitrogens is 1. The van der Waals surface area contributed by atoms with Gasteiger partial charge in [0, 0.05) is 5.92 Å². The molecule has 1 atom stereocenters. The van der Waals surface area contributed by atoms with Crippen molar-refractivity contribution in [1.82, 2.24) is 20.5 Å². The van der Waals surface area contributed by atoms with E-state index < -0.39 is 0 Å². The molecule has 0 aliphatic carbocycles. The first-order valence-electron chi connectivity index (χ1n) is 7.40. The van der Waals surface area contributed by atoms with Crippen LogP contribution in [0.4, 0.5) is 0 Å². The zero-order valence-corrected chi connectivity index (χ0v) is 12.8. The summed E-state index contributed by atoms with van der Waals surface area (Å²) in [5.41, 5.74) is 1.10. The molecular weight excluding hydrogens is 264 g/mol. The fourth-order valence-corrected chi connectivity index (χ4v) is 2.15. The number of nitrogens with zero attached hydrogens (tertiary/aromatic N) is 2. The average molecular weight is 286 g/mol. The highest BCUT2D eigenvalue weighted by Gasteiger charge is 2.18. The Morgan fingerprint density at radius 2 is 2.00 bits per heavy atom. The monoisotopic (exact) mass is 286 g/mol. The molecule has 1 aromatic carbocycles. The second-order valence-electron chi connectivity index (χ2n) is 5.42. The summed E-state index contributed by atoms with van der Waals surface area (Å²) in [6, 6.07) is 9.97. The first-order valence-corrected chi connectivity index (χ1v) is 7.40. The third-order valence-corrected chi connectivity index (χ3v) is 3.34. The van der Waals surface area contributed by atoms with E-state index >= 15 is 0 Å². The Hall–Kier alpha value is -2.17. The number of nitrogens with one attached hydrogen (secondary N) is 2. The van der Waals surface area contributed by atoms with Gasteiger partial charge in [0.15, 0.2) is 0 Å². The normalized spacial score (nSPS) is 12.4. The van der Waals surface area contributed by atoms with E-state index in [4.69, 9.17) is 0 Å². The molecule has 5 nitrogen and oxygen atoms in total. The molecule has 1 heterocycles. The maximum atomic E-state index is 12.3. The summed E-state index contributed by atoms with van der Waals surface area (Å²) < 4.78 is 0. The molecule has 1 unspecified atom stereocenters. The summed E-state index contributed by atoms with van der Waals surface area (Å²) in [4.78, 5) is 16.5. The third kappa shape index (κ3) is 3.90. The Bertz CT molecular complexity index is 577. The van der Waals surface area contributed by atoms with E-state index in [1.807, 2.05) is 44.2 Å². The molecule has 2 rings (SSSR count). The Morgan fingerprint density at radius 3 is 2.57 bits per heavy atom. The molecule has 0 saturated carbocycles. The van der Waals surface area contributed by atoms with Gasteiger partial charge in [-0.1, -0.05) is 57.5 Å². The summed E-state index contributed by atoms with van der Waals surface area (Å²) in [5, 5.41) is 9.82. The summed E-state index contributed by atoms with van der Waals surface area (Å²) >= 11 is 0. The zero-order valence-electron chi connectivity index (χ0n) is 12.8. The van der Waals surface area contributed by atoms with Crippen LogP contribution in [-0.4, -0.2) is 21.1 Å². The van der Waals surface area contributed by atoms with Crippen molar-refractivity contribution in [3.63, 3.8) is 0 Å². The van der Waals surface area contributed by atoms with Crippen LogP contribution in [0.25, 0.3) is 0 Å². The molecule has 1 amide bonds. The lowest BCUT2D eigenvalue weighted by molar-refractivity contribution is 0.0924. The average Bonchev–Trinajstić information content (AvgIpc) is 2.98. The van der Waals surface area contributed by atoms with Crippen LogP contribution in [0.2, 0.25) is 0 Å². The van der Waals surface area contributed by atoms with Gasteiger partial charge in [-0.3, -0.25) is 9.89 Å². The van der Waals surface area contributed by atoms with Crippen molar-refractivity contribution < 1.29 is 4.79 Å². The van der Waals surface area contributed by atoms with E-state index in [0.29, 0.717) is 0 Å². The van der Waals surface area contributed by atoms with Crippen LogP contribution in [0, 0.1) is 0 Å². The maximum absolute atomic E-state index is 12.3. The number of hydrogen-bond donors (Lipinski definition) is 2. The molecular formula is C16H22N4O. The summed E-state index contributed by atoms with van der Waals surface area (Å²) in [7, 11) is 0. The highest BCUT2D eigenvalue weighted by molar-refractivity contribution is 5.90. The van der Waals surface area contributed by atoms with Crippen LogP contribution < -0.4 is 5.32 Å². The van der Waals surface area contributed by atoms with E-state index in [1.54, 1.807) is 0 Å². The second kappa shape index (κ2) is 7.02. The van der Waals surface area contributed by atoms with Gasteiger partial charge >= 0.3 is 0 Å². The number of amides is 1. The third-order valence-electron chi connectivity index (χ3n) is 3.34. The molecule has 0 radical (unpaired) electrons. The van der Waals surface area contributed by atoms with Crippen LogP contribution in [0.15, 0.2) is 30.3 Å². The number of benzene rings is 1. The van der Waals surface area contributed by atoms with Crippen molar-refractivity contribution >= 4 is 5.91 Å². The number of carbonyl (C=O) groups is 1. The number of aromatic nitrogens is 3. The fraction of sp³-hybridized carbons (Fsp3) is 0.438. The van der Waals surface area contributed by atoms with Gasteiger partial charge in [0.1, 0.15) is 5.82 Å². The standard InChI is InChI=1S/C16H22N4O/c1-4-8-13(12-9-6-5-7-10-12)17-16(21)15-18-14(11(2)3)19-20-15/h5-7,9-11,13H,4,8H2,1-3H3,(H,17,21)(H,18,19,20). The predicted molar refractivity (Wildman–Crippen MR) is 82.0 cm³/mol. The lowest BCUT2D eigenvalue weighted by Gasteiger charge is -2.17. The van der Waals surface area contributed by atoms with Gasteiger partial charge in [-0.25, -0.2) is 4.98 Å². The minimum absolute atomic E-state index is 0.00954. The molecule has 1 aromatic heterocycles. The minimum Gasteiger partial charge on any atom is -0.342 e. The molecule has 5 heteroatoms. The Balaban J connectivity index is 2.11. The first kappa shape index (κ1) is 15.2. The topological polar surface area (TPSA) is 70.7 Å². The summed E-state index contributed by atoms with van der Waals surface area (Å²) in [6.07, 6.45) is 1.88. The fourth-order valence-electron chi connectivity index (χ4n) is 2.15. The van der Waals surface area contributed by atoms with Gasteiger partial charge in [-0.05, 0) is 12.0 Å². The van der Waals surface area contributed by atoms with Crippen LogP contribution in [-0.2, 0) is 0 Å². The summed E-state index contributed by atoms with van der Waals surface area (Å²) in [6.45, 7) is 6.11. The van der Waals surface area contributed by atoms with Gasteiger partial charge in [0.2, 0.25) is 5.82 Å². The quantitative estimate of drug-likeness (QED) is 0.856. The lowest BCUT2D eigenvalue weighted by atomic mass is 10.0. The smallest absolute Gasteiger partial charge is 0.291 e. The Labute approximate surface area is 125 Å². The number of rotatable bonds is 6. The van der Waals surface area contributed by atoms with Crippen LogP contribution in [0.5, 0.6) is 0 Å². The van der Waals surface area contributed by atoms with Crippen molar-refractivity contribution in [1.29, 1.82) is 0 Å². The van der Waals surface area contributed by atoms with Crippen LogP contribution >= 0.6 is 0 Å². The molecule has 0 aliphatic heterocycles. The molecule has 0 bridgehead atoms. The maximum Gasteiger partial charge on any atom is 0.291 e. The number of hydrogen-bond acceptors (Lipinski definition) is 3. The zero-order chi connectivity index (χ0) is 15.2. The van der Waals surface area contributed by atoms with E-state index in [9.17, 15) is 4.79 Å². The van der Waals surface area contributed by atoms with Crippen molar-refractivity contribution in [2.45, 2.75) is 45.6 Å². The minimum atomic E-state index is -0.236. The molecule has 0 aliphatic rings. The van der Waals surface area contributed by atoms with E-state index in [0.717, 1.165) is 24.2 Å². The van der Waals surface area contributed by atoms with Crippen molar-refractivity contribution in [3.05, 3.63) is 47.5 Å². The van der Waals surface area contributed by atoms with E-state index in [-0.39, 0.29) is 23.7 Å². The van der Waals surface area contributed by atoms with Crippen molar-refractivity contribution in [2.24, 2.45) is 0 Å². The summed E-state index contributed by atoms with van der Waals surface area (Å²) in [5.74, 6) is 0.919. The van der Waals surface area contributed by atoms with Crippen molar-refractivity contribution in [3.8, 4) is 0 Å². The van der Waals surface area contributed by atoms with Crippen LogP contribution in [0.1, 0.15) is 67.6 Å².